The predicted octanol–water partition coefficient (Wildman–Crippen LogP) is 3.32. The molecule has 1 amide bonds. The monoisotopic (exact) mass is 398 g/mol. The summed E-state index contributed by atoms with van der Waals surface area (Å²) in [5, 5.41) is 0. The molecule has 0 aliphatic carbocycles. The van der Waals surface area contributed by atoms with Crippen LogP contribution in [0.15, 0.2) is 48.8 Å². The van der Waals surface area contributed by atoms with Crippen LogP contribution < -0.4 is 9.64 Å². The first-order valence-electron chi connectivity index (χ1n) is 8.90. The van der Waals surface area contributed by atoms with E-state index in [1.807, 2.05) is 4.90 Å². The van der Waals surface area contributed by atoms with Gasteiger partial charge in [-0.1, -0.05) is 18.2 Å². The number of anilines is 1. The Bertz CT molecular complexity index is 986. The van der Waals surface area contributed by atoms with Gasteiger partial charge in [0, 0.05) is 36.6 Å². The topological polar surface area (TPSA) is 58.6 Å². The van der Waals surface area contributed by atoms with Crippen LogP contribution in [0, 0.1) is 5.82 Å². The third kappa shape index (κ3) is 3.68. The summed E-state index contributed by atoms with van der Waals surface area (Å²) in [6.45, 7) is 2.51. The average molecular weight is 398 g/mol. The lowest BCUT2D eigenvalue weighted by Gasteiger charge is -2.35. The zero-order chi connectivity index (χ0) is 19.5. The Balaban J connectivity index is 1.42. The fourth-order valence-corrected chi connectivity index (χ4v) is 4.14. The van der Waals surface area contributed by atoms with Gasteiger partial charge < -0.3 is 14.5 Å². The van der Waals surface area contributed by atoms with Gasteiger partial charge in [-0.3, -0.25) is 9.78 Å². The Kier molecular flexibility index (Phi) is 5.21. The summed E-state index contributed by atoms with van der Waals surface area (Å²) < 4.78 is 19.1. The molecule has 0 unspecified atom stereocenters. The molecule has 1 aliphatic rings. The molecule has 1 aliphatic heterocycles. The number of carbonyl (C=O) groups is 1. The quantitative estimate of drug-likeness (QED) is 0.675. The second kappa shape index (κ2) is 7.93. The van der Waals surface area contributed by atoms with E-state index >= 15 is 0 Å². The molecule has 1 fully saturated rings. The molecule has 0 spiro atoms. The van der Waals surface area contributed by atoms with Crippen molar-refractivity contribution in [1.82, 2.24) is 14.9 Å². The molecular weight excluding hydrogens is 379 g/mol. The third-order valence-electron chi connectivity index (χ3n) is 4.66. The van der Waals surface area contributed by atoms with Crippen LogP contribution in [0.5, 0.6) is 5.88 Å². The zero-order valence-corrected chi connectivity index (χ0v) is 16.2. The number of ether oxygens (including phenoxy) is 1. The van der Waals surface area contributed by atoms with E-state index in [1.54, 1.807) is 49.8 Å². The molecule has 28 heavy (non-hydrogen) atoms. The van der Waals surface area contributed by atoms with Crippen LogP contribution in [-0.2, 0) is 0 Å². The molecule has 6 nitrogen and oxygen atoms in total. The van der Waals surface area contributed by atoms with E-state index in [2.05, 4.69) is 14.9 Å². The smallest absolute Gasteiger partial charge is 0.264 e. The highest BCUT2D eigenvalue weighted by atomic mass is 32.1. The number of nitrogens with zero attached hydrogens (tertiary/aromatic N) is 4. The van der Waals surface area contributed by atoms with Crippen molar-refractivity contribution >= 4 is 23.1 Å². The Morgan fingerprint density at radius 2 is 1.89 bits per heavy atom. The first-order chi connectivity index (χ1) is 13.7. The predicted molar refractivity (Wildman–Crippen MR) is 106 cm³/mol. The number of halogens is 1. The van der Waals surface area contributed by atoms with Crippen LogP contribution in [-0.4, -0.2) is 54.1 Å². The second-order valence-corrected chi connectivity index (χ2v) is 7.43. The Morgan fingerprint density at radius 3 is 2.64 bits per heavy atom. The van der Waals surface area contributed by atoms with Crippen molar-refractivity contribution in [3.8, 4) is 16.3 Å². The molecule has 0 atom stereocenters. The highest BCUT2D eigenvalue weighted by Crippen LogP contribution is 2.31. The third-order valence-corrected chi connectivity index (χ3v) is 5.76. The Hall–Kier alpha value is -3.00. The van der Waals surface area contributed by atoms with Gasteiger partial charge >= 0.3 is 0 Å². The van der Waals surface area contributed by atoms with Crippen LogP contribution in [0.4, 0.5) is 10.2 Å². The first-order valence-corrected chi connectivity index (χ1v) is 9.72. The number of methoxy groups -OCH3 is 1. The number of benzene rings is 1. The molecule has 2 aromatic heterocycles. The number of hydrogen-bond donors (Lipinski definition) is 0. The number of aromatic nitrogens is 2. The zero-order valence-electron chi connectivity index (χ0n) is 15.3. The van der Waals surface area contributed by atoms with E-state index in [9.17, 15) is 9.18 Å². The van der Waals surface area contributed by atoms with Gasteiger partial charge in [-0.15, -0.1) is 11.3 Å². The summed E-state index contributed by atoms with van der Waals surface area (Å²) in [6, 6.07) is 10.2. The number of thiophene rings is 1. The van der Waals surface area contributed by atoms with E-state index in [1.165, 1.54) is 17.4 Å². The van der Waals surface area contributed by atoms with E-state index in [-0.39, 0.29) is 11.7 Å². The summed E-state index contributed by atoms with van der Waals surface area (Å²) in [6.07, 6.45) is 3.26. The van der Waals surface area contributed by atoms with Crippen LogP contribution in [0.3, 0.4) is 0 Å². The van der Waals surface area contributed by atoms with Crippen molar-refractivity contribution in [1.29, 1.82) is 0 Å². The molecule has 144 valence electrons. The second-order valence-electron chi connectivity index (χ2n) is 6.34. The number of amides is 1. The fraction of sp³-hybridized carbons (Fsp3) is 0.250. The van der Waals surface area contributed by atoms with Crippen LogP contribution in [0.1, 0.15) is 9.67 Å². The molecule has 1 aromatic carbocycles. The van der Waals surface area contributed by atoms with Crippen molar-refractivity contribution < 1.29 is 13.9 Å². The summed E-state index contributed by atoms with van der Waals surface area (Å²) in [7, 11) is 1.56. The highest BCUT2D eigenvalue weighted by Gasteiger charge is 2.24. The molecule has 0 radical (unpaired) electrons. The molecule has 0 N–H and O–H groups in total. The molecular formula is C20H19FN4O2S. The minimum Gasteiger partial charge on any atom is -0.480 e. The maximum Gasteiger partial charge on any atom is 0.264 e. The molecule has 0 saturated carbocycles. The minimum atomic E-state index is -0.281. The summed E-state index contributed by atoms with van der Waals surface area (Å²) in [5.41, 5.74) is 0.521. The molecule has 8 heteroatoms. The lowest BCUT2D eigenvalue weighted by atomic mass is 10.2. The van der Waals surface area contributed by atoms with Crippen molar-refractivity contribution in [3.63, 3.8) is 0 Å². The summed E-state index contributed by atoms with van der Waals surface area (Å²) in [5.74, 6) is 0.903. The number of rotatable bonds is 4. The normalized spacial score (nSPS) is 14.2. The van der Waals surface area contributed by atoms with Gasteiger partial charge in [-0.25, -0.2) is 4.39 Å². The van der Waals surface area contributed by atoms with E-state index in [0.717, 1.165) is 10.7 Å². The van der Waals surface area contributed by atoms with Gasteiger partial charge in [0.25, 0.3) is 5.91 Å². The van der Waals surface area contributed by atoms with Crippen molar-refractivity contribution in [2.45, 2.75) is 0 Å². The molecule has 0 bridgehead atoms. The van der Waals surface area contributed by atoms with Gasteiger partial charge in [-0.2, -0.15) is 4.98 Å². The number of piperazine rings is 1. The lowest BCUT2D eigenvalue weighted by Crippen LogP contribution is -2.48. The Morgan fingerprint density at radius 1 is 1.11 bits per heavy atom. The van der Waals surface area contributed by atoms with Crippen molar-refractivity contribution in [2.24, 2.45) is 0 Å². The summed E-state index contributed by atoms with van der Waals surface area (Å²) >= 11 is 1.32. The van der Waals surface area contributed by atoms with Gasteiger partial charge in [-0.05, 0) is 18.2 Å². The largest absolute Gasteiger partial charge is 0.480 e. The maximum atomic E-state index is 14.0. The van der Waals surface area contributed by atoms with E-state index < -0.39 is 0 Å². The molecule has 4 rings (SSSR count). The number of hydrogen-bond acceptors (Lipinski definition) is 6. The fourth-order valence-electron chi connectivity index (χ4n) is 3.14. The molecule has 3 heterocycles. The van der Waals surface area contributed by atoms with Gasteiger partial charge in [0.2, 0.25) is 5.88 Å². The van der Waals surface area contributed by atoms with E-state index in [4.69, 9.17) is 4.74 Å². The minimum absolute atomic E-state index is 0.0241. The van der Waals surface area contributed by atoms with Crippen molar-refractivity contribution in [2.75, 3.05) is 38.2 Å². The van der Waals surface area contributed by atoms with Gasteiger partial charge in [0.05, 0.1) is 24.4 Å². The van der Waals surface area contributed by atoms with Crippen LogP contribution in [0.2, 0.25) is 0 Å². The average Bonchev–Trinajstić information content (AvgIpc) is 3.24. The Labute approximate surface area is 166 Å². The SMILES string of the molecule is COc1cncc(N2CCN(C(=O)c3ccc(-c4ccccc4F)s3)CC2)n1. The maximum absolute atomic E-state index is 14.0. The first kappa shape index (κ1) is 18.4. The van der Waals surface area contributed by atoms with Gasteiger partial charge in [0.15, 0.2) is 5.82 Å². The van der Waals surface area contributed by atoms with Crippen LogP contribution >= 0.6 is 11.3 Å². The van der Waals surface area contributed by atoms with Crippen LogP contribution in [0.25, 0.3) is 10.4 Å². The lowest BCUT2D eigenvalue weighted by molar-refractivity contribution is 0.0751. The number of carbonyl (C=O) groups excluding carboxylic acids is 1. The molecule has 1 saturated heterocycles. The van der Waals surface area contributed by atoms with Gasteiger partial charge in [0.1, 0.15) is 5.82 Å². The van der Waals surface area contributed by atoms with E-state index in [0.29, 0.717) is 42.5 Å². The highest BCUT2D eigenvalue weighted by molar-refractivity contribution is 7.17. The molecule has 3 aromatic rings. The summed E-state index contributed by atoms with van der Waals surface area (Å²) in [4.78, 5) is 26.7. The standard InChI is InChI=1S/C20H19FN4O2S/c1-27-19-13-22-12-18(23-19)24-8-10-25(11-9-24)20(26)17-7-6-16(28-17)14-4-2-3-5-15(14)21/h2-7,12-13H,8-11H2,1H3. The van der Waals surface area contributed by atoms with Crippen molar-refractivity contribution in [3.05, 3.63) is 59.5 Å².